The number of fused-ring (bicyclic) bond motifs is 1. The fraction of sp³-hybridized carbons (Fsp3) is 0.200. The van der Waals surface area contributed by atoms with Crippen LogP contribution >= 0.6 is 0 Å². The van der Waals surface area contributed by atoms with Gasteiger partial charge in [-0.3, -0.25) is 4.79 Å². The Bertz CT molecular complexity index is 1070. The van der Waals surface area contributed by atoms with E-state index in [0.717, 1.165) is 23.1 Å². The summed E-state index contributed by atoms with van der Waals surface area (Å²) in [4.78, 5) is 23.4. The highest BCUT2D eigenvalue weighted by molar-refractivity contribution is 5.81. The highest BCUT2D eigenvalue weighted by atomic mass is 19.4. The third kappa shape index (κ3) is 4.70. The van der Waals surface area contributed by atoms with Crippen LogP contribution in [0.4, 0.5) is 13.2 Å². The molecule has 0 atom stereocenters. The van der Waals surface area contributed by atoms with Crippen LogP contribution in [0.15, 0.2) is 57.7 Å². The van der Waals surface area contributed by atoms with Crippen molar-refractivity contribution in [3.8, 4) is 5.75 Å². The molecule has 0 saturated carbocycles. The van der Waals surface area contributed by atoms with Crippen molar-refractivity contribution < 1.29 is 27.1 Å². The van der Waals surface area contributed by atoms with E-state index in [1.165, 1.54) is 24.3 Å². The van der Waals surface area contributed by atoms with Crippen LogP contribution in [-0.4, -0.2) is 12.5 Å². The molecule has 0 spiro atoms. The van der Waals surface area contributed by atoms with Crippen molar-refractivity contribution in [2.45, 2.75) is 19.6 Å². The molecule has 0 fully saturated rings. The Morgan fingerprint density at radius 1 is 1.14 bits per heavy atom. The Labute approximate surface area is 157 Å². The number of hydrogen-bond acceptors (Lipinski definition) is 4. The maximum absolute atomic E-state index is 12.7. The SMILES string of the molecule is Cc1cc(=O)oc2cc(OCC(=O)NCc3cccc(C(F)(F)F)c3)ccc12. The molecule has 0 saturated heterocycles. The maximum atomic E-state index is 12.7. The number of aryl methyl sites for hydroxylation is 1. The van der Waals surface area contributed by atoms with Crippen molar-refractivity contribution in [2.75, 3.05) is 6.61 Å². The molecule has 3 aromatic rings. The summed E-state index contributed by atoms with van der Waals surface area (Å²) in [5.74, 6) is -0.168. The first kappa shape index (κ1) is 19.5. The molecule has 2 aromatic carbocycles. The summed E-state index contributed by atoms with van der Waals surface area (Å²) in [5, 5.41) is 3.25. The third-order valence-electron chi connectivity index (χ3n) is 4.04. The lowest BCUT2D eigenvalue weighted by Gasteiger charge is -2.10. The van der Waals surface area contributed by atoms with E-state index in [4.69, 9.17) is 9.15 Å². The number of halogens is 3. The van der Waals surface area contributed by atoms with Gasteiger partial charge in [0.15, 0.2) is 6.61 Å². The van der Waals surface area contributed by atoms with Crippen molar-refractivity contribution >= 4 is 16.9 Å². The van der Waals surface area contributed by atoms with Gasteiger partial charge < -0.3 is 14.5 Å². The van der Waals surface area contributed by atoms with Gasteiger partial charge >= 0.3 is 11.8 Å². The predicted molar refractivity (Wildman–Crippen MR) is 96.0 cm³/mol. The van der Waals surface area contributed by atoms with Gasteiger partial charge in [-0.25, -0.2) is 4.79 Å². The van der Waals surface area contributed by atoms with Gasteiger partial charge in [0, 0.05) is 24.1 Å². The second-order valence-electron chi connectivity index (χ2n) is 6.17. The number of amides is 1. The number of ether oxygens (including phenoxy) is 1. The van der Waals surface area contributed by atoms with Crippen molar-refractivity contribution in [2.24, 2.45) is 0 Å². The van der Waals surface area contributed by atoms with Gasteiger partial charge in [-0.05, 0) is 42.3 Å². The van der Waals surface area contributed by atoms with Crippen LogP contribution in [0.25, 0.3) is 11.0 Å². The van der Waals surface area contributed by atoms with Crippen LogP contribution in [0.1, 0.15) is 16.7 Å². The molecular weight excluding hydrogens is 375 g/mol. The number of nitrogens with one attached hydrogen (secondary N) is 1. The zero-order chi connectivity index (χ0) is 20.3. The topological polar surface area (TPSA) is 68.5 Å². The highest BCUT2D eigenvalue weighted by Crippen LogP contribution is 2.29. The van der Waals surface area contributed by atoms with E-state index in [2.05, 4.69) is 5.32 Å². The van der Waals surface area contributed by atoms with Crippen molar-refractivity contribution in [3.63, 3.8) is 0 Å². The number of benzene rings is 2. The predicted octanol–water partition coefficient (Wildman–Crippen LogP) is 3.82. The number of hydrogen-bond donors (Lipinski definition) is 1. The molecule has 0 unspecified atom stereocenters. The third-order valence-corrected chi connectivity index (χ3v) is 4.04. The first-order valence-corrected chi connectivity index (χ1v) is 8.32. The van der Waals surface area contributed by atoms with E-state index in [1.54, 1.807) is 19.1 Å². The standard InChI is InChI=1S/C20H16F3NO4/c1-12-7-19(26)28-17-9-15(5-6-16(12)17)27-11-18(25)24-10-13-3-2-4-14(8-13)20(21,22)23/h2-9H,10-11H2,1H3,(H,24,25). The number of carbonyl (C=O) groups excluding carboxylic acids is 1. The Morgan fingerprint density at radius 2 is 1.93 bits per heavy atom. The number of alkyl halides is 3. The summed E-state index contributed by atoms with van der Waals surface area (Å²) in [5.41, 5.74) is 0.166. The van der Waals surface area contributed by atoms with Crippen LogP contribution in [0.5, 0.6) is 5.75 Å². The molecular formula is C20H16F3NO4. The first-order valence-electron chi connectivity index (χ1n) is 8.32. The Balaban J connectivity index is 1.59. The molecule has 0 aliphatic heterocycles. The minimum atomic E-state index is -4.44. The molecule has 0 bridgehead atoms. The van der Waals surface area contributed by atoms with E-state index in [9.17, 15) is 22.8 Å². The minimum absolute atomic E-state index is 0.0576. The van der Waals surface area contributed by atoms with Gasteiger partial charge in [-0.2, -0.15) is 13.2 Å². The van der Waals surface area contributed by atoms with Crippen LogP contribution in [-0.2, 0) is 17.5 Å². The summed E-state index contributed by atoms with van der Waals surface area (Å²) in [6.45, 7) is 1.39. The molecule has 1 aromatic heterocycles. The summed E-state index contributed by atoms with van der Waals surface area (Å²) in [6.07, 6.45) is -4.44. The summed E-state index contributed by atoms with van der Waals surface area (Å²) < 4.78 is 48.6. The minimum Gasteiger partial charge on any atom is -0.484 e. The van der Waals surface area contributed by atoms with Crippen molar-refractivity contribution in [1.82, 2.24) is 5.32 Å². The molecule has 0 aliphatic rings. The Kier molecular flexibility index (Phi) is 5.39. The molecule has 146 valence electrons. The normalized spacial score (nSPS) is 11.4. The molecule has 0 aliphatic carbocycles. The lowest BCUT2D eigenvalue weighted by Crippen LogP contribution is -2.28. The van der Waals surface area contributed by atoms with E-state index in [0.29, 0.717) is 16.9 Å². The second kappa shape index (κ2) is 7.75. The smallest absolute Gasteiger partial charge is 0.416 e. The number of carbonyl (C=O) groups is 1. The maximum Gasteiger partial charge on any atom is 0.416 e. The van der Waals surface area contributed by atoms with Crippen LogP contribution < -0.4 is 15.7 Å². The fourth-order valence-corrected chi connectivity index (χ4v) is 2.65. The fourth-order valence-electron chi connectivity index (χ4n) is 2.65. The summed E-state index contributed by atoms with van der Waals surface area (Å²) >= 11 is 0. The molecule has 5 nitrogen and oxygen atoms in total. The molecule has 28 heavy (non-hydrogen) atoms. The van der Waals surface area contributed by atoms with Crippen LogP contribution in [0.3, 0.4) is 0 Å². The molecule has 1 amide bonds. The molecule has 3 rings (SSSR count). The first-order chi connectivity index (χ1) is 13.2. The Morgan fingerprint density at radius 3 is 2.68 bits per heavy atom. The van der Waals surface area contributed by atoms with Crippen molar-refractivity contribution in [3.05, 3.63) is 75.6 Å². The van der Waals surface area contributed by atoms with E-state index in [-0.39, 0.29) is 13.2 Å². The van der Waals surface area contributed by atoms with E-state index < -0.39 is 23.3 Å². The summed E-state index contributed by atoms with van der Waals surface area (Å²) in [7, 11) is 0. The molecule has 0 radical (unpaired) electrons. The average molecular weight is 391 g/mol. The van der Waals surface area contributed by atoms with Gasteiger partial charge in [0.1, 0.15) is 11.3 Å². The molecule has 8 heteroatoms. The molecule has 1 heterocycles. The quantitative estimate of drug-likeness (QED) is 0.672. The monoisotopic (exact) mass is 391 g/mol. The average Bonchev–Trinajstić information content (AvgIpc) is 2.64. The highest BCUT2D eigenvalue weighted by Gasteiger charge is 2.30. The second-order valence-corrected chi connectivity index (χ2v) is 6.17. The van der Waals surface area contributed by atoms with E-state index in [1.807, 2.05) is 0 Å². The zero-order valence-electron chi connectivity index (χ0n) is 14.8. The van der Waals surface area contributed by atoms with Gasteiger partial charge in [0.2, 0.25) is 0 Å². The largest absolute Gasteiger partial charge is 0.484 e. The number of rotatable bonds is 5. The van der Waals surface area contributed by atoms with Crippen LogP contribution in [0, 0.1) is 6.92 Å². The lowest BCUT2D eigenvalue weighted by atomic mass is 10.1. The molecule has 1 N–H and O–H groups in total. The van der Waals surface area contributed by atoms with Crippen LogP contribution in [0.2, 0.25) is 0 Å². The van der Waals surface area contributed by atoms with E-state index >= 15 is 0 Å². The van der Waals surface area contributed by atoms with Gasteiger partial charge in [-0.1, -0.05) is 12.1 Å². The van der Waals surface area contributed by atoms with Gasteiger partial charge in [-0.15, -0.1) is 0 Å². The lowest BCUT2D eigenvalue weighted by molar-refractivity contribution is -0.137. The summed E-state index contributed by atoms with van der Waals surface area (Å²) in [6, 6.07) is 10.9. The van der Waals surface area contributed by atoms with Gasteiger partial charge in [0.25, 0.3) is 5.91 Å². The van der Waals surface area contributed by atoms with Crippen molar-refractivity contribution in [1.29, 1.82) is 0 Å². The zero-order valence-corrected chi connectivity index (χ0v) is 14.8. The Hall–Kier alpha value is -3.29. The van der Waals surface area contributed by atoms with Gasteiger partial charge in [0.05, 0.1) is 5.56 Å².